The molecule has 4 N–H and O–H groups in total. The van der Waals surface area contributed by atoms with Crippen LogP contribution < -0.4 is 16.3 Å². The predicted molar refractivity (Wildman–Crippen MR) is 92.5 cm³/mol. The molecule has 0 fully saturated rings. The molecular formula is C16H15ClN4O2. The molecular weight excluding hydrogens is 316 g/mol. The number of benzene rings is 2. The summed E-state index contributed by atoms with van der Waals surface area (Å²) in [5, 5.41) is 6.09. The molecule has 1 aromatic heterocycles. The maximum absolute atomic E-state index is 12.2. The first kappa shape index (κ1) is 15.2. The zero-order valence-corrected chi connectivity index (χ0v) is 13.3. The van der Waals surface area contributed by atoms with Crippen molar-refractivity contribution in [1.29, 1.82) is 0 Å². The average molecular weight is 331 g/mol. The third-order valence-electron chi connectivity index (χ3n) is 3.56. The summed E-state index contributed by atoms with van der Waals surface area (Å²) in [6.45, 7) is 3.73. The maximum Gasteiger partial charge on any atom is 0.323 e. The number of aryl methyl sites for hydroxylation is 2. The molecule has 3 rings (SSSR count). The molecule has 0 aliphatic rings. The van der Waals surface area contributed by atoms with Gasteiger partial charge in [-0.3, -0.25) is 0 Å². The van der Waals surface area contributed by atoms with Crippen molar-refractivity contribution in [2.75, 3.05) is 10.6 Å². The third-order valence-corrected chi connectivity index (χ3v) is 3.79. The normalized spacial score (nSPS) is 10.7. The molecule has 1 heterocycles. The van der Waals surface area contributed by atoms with E-state index in [2.05, 4.69) is 20.6 Å². The summed E-state index contributed by atoms with van der Waals surface area (Å²) in [6, 6.07) is 8.42. The number of carbonyl (C=O) groups excluding carboxylic acids is 1. The molecule has 0 saturated carbocycles. The molecule has 118 valence electrons. The highest BCUT2D eigenvalue weighted by molar-refractivity contribution is 6.31. The largest absolute Gasteiger partial charge is 0.323 e. The molecule has 0 unspecified atom stereocenters. The molecule has 0 spiro atoms. The van der Waals surface area contributed by atoms with Crippen LogP contribution in [0.4, 0.5) is 16.2 Å². The van der Waals surface area contributed by atoms with E-state index in [9.17, 15) is 9.59 Å². The molecule has 23 heavy (non-hydrogen) atoms. The van der Waals surface area contributed by atoms with E-state index in [1.165, 1.54) is 0 Å². The summed E-state index contributed by atoms with van der Waals surface area (Å²) in [7, 11) is 0. The van der Waals surface area contributed by atoms with Crippen molar-refractivity contribution in [3.63, 3.8) is 0 Å². The highest BCUT2D eigenvalue weighted by Gasteiger charge is 2.09. The minimum absolute atomic E-state index is 0.282. The topological polar surface area (TPSA) is 89.8 Å². The number of carbonyl (C=O) groups is 1. The molecule has 0 aliphatic heterocycles. The second-order valence-corrected chi connectivity index (χ2v) is 5.77. The highest BCUT2D eigenvalue weighted by atomic mass is 35.5. The minimum atomic E-state index is -0.379. The van der Waals surface area contributed by atoms with E-state index in [4.69, 9.17) is 11.6 Å². The fraction of sp³-hybridized carbons (Fsp3) is 0.125. The van der Waals surface area contributed by atoms with Crippen molar-refractivity contribution in [2.45, 2.75) is 13.8 Å². The van der Waals surface area contributed by atoms with E-state index in [0.29, 0.717) is 27.4 Å². The standard InChI is InChI=1S/C16H15ClN4O2/c1-8-3-4-10(17)6-11(8)18-15(22)19-12-7-14-13(5-9(12)2)20-16(23)21-14/h3-7H,1-2H3,(H2,18,19,22)(H2,20,21,23). The zero-order valence-electron chi connectivity index (χ0n) is 12.6. The van der Waals surface area contributed by atoms with Gasteiger partial charge in [0, 0.05) is 16.4 Å². The van der Waals surface area contributed by atoms with Crippen LogP contribution in [0.15, 0.2) is 35.1 Å². The Kier molecular flexibility index (Phi) is 3.83. The number of aromatic nitrogens is 2. The second-order valence-electron chi connectivity index (χ2n) is 5.33. The Bertz CT molecular complexity index is 958. The van der Waals surface area contributed by atoms with Crippen LogP contribution in [-0.2, 0) is 0 Å². The monoisotopic (exact) mass is 330 g/mol. The Morgan fingerprint density at radius 3 is 2.26 bits per heavy atom. The highest BCUT2D eigenvalue weighted by Crippen LogP contribution is 2.22. The number of anilines is 2. The number of fused-ring (bicyclic) bond motifs is 1. The number of amides is 2. The van der Waals surface area contributed by atoms with Crippen LogP contribution in [-0.4, -0.2) is 16.0 Å². The summed E-state index contributed by atoms with van der Waals surface area (Å²) in [4.78, 5) is 28.9. The van der Waals surface area contributed by atoms with E-state index < -0.39 is 0 Å². The summed E-state index contributed by atoms with van der Waals surface area (Å²) in [5.74, 6) is 0. The van der Waals surface area contributed by atoms with Crippen molar-refractivity contribution in [1.82, 2.24) is 9.97 Å². The maximum atomic E-state index is 12.2. The number of aromatic amines is 2. The van der Waals surface area contributed by atoms with E-state index in [-0.39, 0.29) is 11.7 Å². The third kappa shape index (κ3) is 3.22. The van der Waals surface area contributed by atoms with Gasteiger partial charge in [0.1, 0.15) is 0 Å². The van der Waals surface area contributed by atoms with Crippen LogP contribution in [0.3, 0.4) is 0 Å². The Labute approximate surface area is 136 Å². The number of H-pyrrole nitrogens is 2. The average Bonchev–Trinajstić information content (AvgIpc) is 2.82. The van der Waals surface area contributed by atoms with Crippen LogP contribution in [0.1, 0.15) is 11.1 Å². The molecule has 2 amide bonds. The first-order valence-electron chi connectivity index (χ1n) is 6.99. The molecule has 0 bridgehead atoms. The molecule has 0 saturated heterocycles. The van der Waals surface area contributed by atoms with Crippen LogP contribution in [0, 0.1) is 13.8 Å². The smallest absolute Gasteiger partial charge is 0.307 e. The summed E-state index contributed by atoms with van der Waals surface area (Å²) >= 11 is 5.94. The van der Waals surface area contributed by atoms with Crippen LogP contribution in [0.25, 0.3) is 11.0 Å². The zero-order chi connectivity index (χ0) is 16.6. The second kappa shape index (κ2) is 5.81. The van der Waals surface area contributed by atoms with Gasteiger partial charge in [-0.25, -0.2) is 9.59 Å². The quantitative estimate of drug-likeness (QED) is 0.576. The molecule has 2 aromatic carbocycles. The first-order chi connectivity index (χ1) is 10.9. The molecule has 0 atom stereocenters. The predicted octanol–water partition coefficient (Wildman–Crippen LogP) is 3.77. The lowest BCUT2D eigenvalue weighted by atomic mass is 10.1. The van der Waals surface area contributed by atoms with Gasteiger partial charge in [0.2, 0.25) is 0 Å². The van der Waals surface area contributed by atoms with Crippen molar-refractivity contribution >= 4 is 40.0 Å². The van der Waals surface area contributed by atoms with Gasteiger partial charge < -0.3 is 20.6 Å². The lowest BCUT2D eigenvalue weighted by molar-refractivity contribution is 0.262. The SMILES string of the molecule is Cc1ccc(Cl)cc1NC(=O)Nc1cc2[nH]c(=O)[nH]c2cc1C. The van der Waals surface area contributed by atoms with Gasteiger partial charge in [0.25, 0.3) is 0 Å². The van der Waals surface area contributed by atoms with Gasteiger partial charge in [-0.1, -0.05) is 17.7 Å². The Balaban J connectivity index is 1.83. The Hall–Kier alpha value is -2.73. The molecule has 6 nitrogen and oxygen atoms in total. The number of rotatable bonds is 2. The Morgan fingerprint density at radius 1 is 0.957 bits per heavy atom. The van der Waals surface area contributed by atoms with Crippen LogP contribution >= 0.6 is 11.6 Å². The van der Waals surface area contributed by atoms with Gasteiger partial charge in [-0.15, -0.1) is 0 Å². The summed E-state index contributed by atoms with van der Waals surface area (Å²) in [6.07, 6.45) is 0. The van der Waals surface area contributed by atoms with E-state index >= 15 is 0 Å². The van der Waals surface area contributed by atoms with Gasteiger partial charge in [0.15, 0.2) is 0 Å². The molecule has 0 aliphatic carbocycles. The van der Waals surface area contributed by atoms with Crippen molar-refractivity contribution in [3.8, 4) is 0 Å². The van der Waals surface area contributed by atoms with Crippen LogP contribution in [0.5, 0.6) is 0 Å². The molecule has 7 heteroatoms. The van der Waals surface area contributed by atoms with Crippen molar-refractivity contribution in [2.24, 2.45) is 0 Å². The fourth-order valence-electron chi connectivity index (χ4n) is 2.33. The number of nitrogens with one attached hydrogen (secondary N) is 4. The van der Waals surface area contributed by atoms with E-state index in [0.717, 1.165) is 11.1 Å². The van der Waals surface area contributed by atoms with Gasteiger partial charge in [-0.2, -0.15) is 0 Å². The number of halogens is 1. The van der Waals surface area contributed by atoms with Gasteiger partial charge >= 0.3 is 11.7 Å². The summed E-state index contributed by atoms with van der Waals surface area (Å²) in [5.41, 5.74) is 4.06. The van der Waals surface area contributed by atoms with Crippen molar-refractivity contribution in [3.05, 3.63) is 57.0 Å². The molecule has 0 radical (unpaired) electrons. The summed E-state index contributed by atoms with van der Waals surface area (Å²) < 4.78 is 0. The number of urea groups is 1. The van der Waals surface area contributed by atoms with Gasteiger partial charge in [0.05, 0.1) is 11.0 Å². The fourth-order valence-corrected chi connectivity index (χ4v) is 2.50. The lowest BCUT2D eigenvalue weighted by Crippen LogP contribution is -2.20. The molecule has 3 aromatic rings. The number of hydrogen-bond acceptors (Lipinski definition) is 2. The van der Waals surface area contributed by atoms with Crippen molar-refractivity contribution < 1.29 is 4.79 Å². The van der Waals surface area contributed by atoms with Crippen LogP contribution in [0.2, 0.25) is 5.02 Å². The number of hydrogen-bond donors (Lipinski definition) is 4. The van der Waals surface area contributed by atoms with E-state index in [1.54, 1.807) is 24.3 Å². The Morgan fingerprint density at radius 2 is 1.57 bits per heavy atom. The van der Waals surface area contributed by atoms with Gasteiger partial charge in [-0.05, 0) is 49.2 Å². The first-order valence-corrected chi connectivity index (χ1v) is 7.37. The lowest BCUT2D eigenvalue weighted by Gasteiger charge is -2.12. The van der Waals surface area contributed by atoms with E-state index in [1.807, 2.05) is 19.9 Å². The minimum Gasteiger partial charge on any atom is -0.307 e. The number of imidazole rings is 1.